The summed E-state index contributed by atoms with van der Waals surface area (Å²) < 4.78 is 12.1. The predicted octanol–water partition coefficient (Wildman–Crippen LogP) is 3.12. The van der Waals surface area contributed by atoms with E-state index in [0.29, 0.717) is 19.6 Å². The number of aliphatic hydroxyl groups excluding tert-OH is 1. The highest BCUT2D eigenvalue weighted by Gasteiger charge is 2.62. The number of esters is 1. The minimum atomic E-state index is -2.63. The summed E-state index contributed by atoms with van der Waals surface area (Å²) >= 11 is 0. The maximum absolute atomic E-state index is 12.4. The van der Waals surface area contributed by atoms with Crippen molar-refractivity contribution in [2.45, 2.75) is 39.2 Å². The fraction of sp³-hybridized carbons (Fsp3) is 0.458. The molecular weight excluding hydrogens is 380 g/mol. The van der Waals surface area contributed by atoms with Gasteiger partial charge in [0.25, 0.3) is 8.32 Å². The molecule has 0 saturated heterocycles. The predicted molar refractivity (Wildman–Crippen MR) is 118 cm³/mol. The lowest BCUT2D eigenvalue weighted by atomic mass is 10.1. The van der Waals surface area contributed by atoms with Gasteiger partial charge in [0.15, 0.2) is 0 Å². The third-order valence-corrected chi connectivity index (χ3v) is 11.1. The van der Waals surface area contributed by atoms with E-state index in [2.05, 4.69) is 69.3 Å². The lowest BCUT2D eigenvalue weighted by Crippen LogP contribution is -2.66. The summed E-state index contributed by atoms with van der Waals surface area (Å²) in [6.07, 6.45) is 0.612. The van der Waals surface area contributed by atoms with E-state index in [9.17, 15) is 9.90 Å². The van der Waals surface area contributed by atoms with E-state index < -0.39 is 13.7 Å². The summed E-state index contributed by atoms with van der Waals surface area (Å²) in [6, 6.07) is 20.9. The highest BCUT2D eigenvalue weighted by Crippen LogP contribution is 2.54. The molecule has 0 aromatic heterocycles. The zero-order chi connectivity index (χ0) is 21.1. The van der Waals surface area contributed by atoms with Crippen LogP contribution in [0.25, 0.3) is 0 Å². The molecule has 29 heavy (non-hydrogen) atoms. The highest BCUT2D eigenvalue weighted by molar-refractivity contribution is 6.99. The molecule has 1 N–H and O–H groups in total. The molecule has 0 spiro atoms. The van der Waals surface area contributed by atoms with Crippen LogP contribution in [0.4, 0.5) is 0 Å². The van der Waals surface area contributed by atoms with Gasteiger partial charge in [0.1, 0.15) is 0 Å². The van der Waals surface area contributed by atoms with Gasteiger partial charge in [-0.2, -0.15) is 0 Å². The van der Waals surface area contributed by atoms with E-state index in [1.54, 1.807) is 6.92 Å². The molecule has 0 bridgehead atoms. The summed E-state index contributed by atoms with van der Waals surface area (Å²) in [7, 11) is -2.63. The van der Waals surface area contributed by atoms with E-state index in [1.807, 2.05) is 12.1 Å². The van der Waals surface area contributed by atoms with Crippen LogP contribution in [-0.4, -0.2) is 39.2 Å². The fourth-order valence-electron chi connectivity index (χ4n) is 4.37. The van der Waals surface area contributed by atoms with Gasteiger partial charge in [0.05, 0.1) is 18.6 Å². The fourth-order valence-corrected chi connectivity index (χ4v) is 8.98. The van der Waals surface area contributed by atoms with Crippen LogP contribution < -0.4 is 10.4 Å². The summed E-state index contributed by atoms with van der Waals surface area (Å²) in [5.74, 6) is -0.327. The first kappa shape index (κ1) is 21.7. The molecule has 2 atom stereocenters. The van der Waals surface area contributed by atoms with E-state index in [0.717, 1.165) is 0 Å². The van der Waals surface area contributed by atoms with Gasteiger partial charge in [-0.15, -0.1) is 0 Å². The zero-order valence-electron chi connectivity index (χ0n) is 17.9. The molecule has 1 saturated carbocycles. The van der Waals surface area contributed by atoms with Gasteiger partial charge < -0.3 is 14.3 Å². The van der Waals surface area contributed by atoms with Crippen LogP contribution in [0.3, 0.4) is 0 Å². The van der Waals surface area contributed by atoms with Crippen molar-refractivity contribution in [1.82, 2.24) is 0 Å². The van der Waals surface area contributed by atoms with Gasteiger partial charge in [-0.1, -0.05) is 81.4 Å². The van der Waals surface area contributed by atoms with Gasteiger partial charge in [0.2, 0.25) is 0 Å². The monoisotopic (exact) mass is 412 g/mol. The van der Waals surface area contributed by atoms with Crippen molar-refractivity contribution in [2.75, 3.05) is 19.8 Å². The van der Waals surface area contributed by atoms with E-state index in [1.165, 1.54) is 10.4 Å². The largest absolute Gasteiger partial charge is 0.465 e. The lowest BCUT2D eigenvalue weighted by Gasteiger charge is -2.43. The first-order chi connectivity index (χ1) is 13.8. The maximum atomic E-state index is 12.4. The molecule has 2 aromatic rings. The van der Waals surface area contributed by atoms with Gasteiger partial charge >= 0.3 is 5.97 Å². The molecule has 0 heterocycles. The van der Waals surface area contributed by atoms with Gasteiger partial charge in [0, 0.05) is 12.5 Å². The summed E-state index contributed by atoms with van der Waals surface area (Å²) in [4.78, 5) is 12.4. The summed E-state index contributed by atoms with van der Waals surface area (Å²) in [5.41, 5.74) is -0.804. The Morgan fingerprint density at radius 2 is 1.59 bits per heavy atom. The highest BCUT2D eigenvalue weighted by atomic mass is 28.4. The number of ether oxygens (including phenoxy) is 1. The second-order valence-corrected chi connectivity index (χ2v) is 13.2. The average molecular weight is 413 g/mol. The molecule has 2 aromatic carbocycles. The molecule has 0 aliphatic heterocycles. The average Bonchev–Trinajstić information content (AvgIpc) is 3.44. The molecule has 0 radical (unpaired) electrons. The quantitative estimate of drug-likeness (QED) is 0.535. The number of benzene rings is 2. The zero-order valence-corrected chi connectivity index (χ0v) is 18.9. The number of hydrogen-bond donors (Lipinski definition) is 1. The van der Waals surface area contributed by atoms with Gasteiger partial charge in [-0.05, 0) is 28.8 Å². The van der Waals surface area contributed by atoms with Crippen molar-refractivity contribution < 1.29 is 19.1 Å². The molecule has 5 heteroatoms. The Hall–Kier alpha value is -1.95. The van der Waals surface area contributed by atoms with Crippen LogP contribution in [0, 0.1) is 11.3 Å². The molecule has 4 nitrogen and oxygen atoms in total. The van der Waals surface area contributed by atoms with E-state index in [-0.39, 0.29) is 23.5 Å². The van der Waals surface area contributed by atoms with Crippen molar-refractivity contribution in [3.05, 3.63) is 60.7 Å². The first-order valence-electron chi connectivity index (χ1n) is 10.3. The number of carbonyl (C=O) groups is 1. The van der Waals surface area contributed by atoms with Crippen molar-refractivity contribution in [2.24, 2.45) is 11.3 Å². The second-order valence-electron chi connectivity index (χ2n) is 8.91. The Morgan fingerprint density at radius 3 is 2.00 bits per heavy atom. The Bertz CT molecular complexity index is 776. The standard InChI is InChI=1S/C24H32O4Si/c1-5-27-22(26)24(18-25)16-19(24)17-28-29(23(2,3)4,20-12-8-6-9-13-20)21-14-10-7-11-15-21/h6-15,19,25H,5,16-18H2,1-4H3. The molecule has 156 valence electrons. The molecule has 1 aliphatic rings. The van der Waals surface area contributed by atoms with Crippen LogP contribution >= 0.6 is 0 Å². The lowest BCUT2D eigenvalue weighted by molar-refractivity contribution is -0.152. The molecular formula is C24H32O4Si. The van der Waals surface area contributed by atoms with Crippen molar-refractivity contribution in [3.8, 4) is 0 Å². The van der Waals surface area contributed by atoms with Gasteiger partial charge in [-0.25, -0.2) is 0 Å². The molecule has 1 fully saturated rings. The van der Waals surface area contributed by atoms with Crippen LogP contribution in [0.15, 0.2) is 60.7 Å². The Labute approximate surface area is 175 Å². The third-order valence-electron chi connectivity index (χ3n) is 6.11. The normalized spacial score (nSPS) is 21.6. The van der Waals surface area contributed by atoms with Crippen molar-refractivity contribution in [3.63, 3.8) is 0 Å². The number of hydrogen-bond acceptors (Lipinski definition) is 4. The Balaban J connectivity index is 1.96. The third kappa shape index (κ3) is 3.91. The summed E-state index contributed by atoms with van der Waals surface area (Å²) in [5, 5.41) is 12.2. The van der Waals surface area contributed by atoms with E-state index >= 15 is 0 Å². The number of aliphatic hydroxyl groups is 1. The topological polar surface area (TPSA) is 55.8 Å². The Morgan fingerprint density at radius 1 is 1.07 bits per heavy atom. The number of carbonyl (C=O) groups excluding carboxylic acids is 1. The van der Waals surface area contributed by atoms with Crippen LogP contribution in [0.5, 0.6) is 0 Å². The molecule has 2 unspecified atom stereocenters. The van der Waals surface area contributed by atoms with E-state index in [4.69, 9.17) is 9.16 Å². The van der Waals surface area contributed by atoms with Crippen molar-refractivity contribution in [1.29, 1.82) is 0 Å². The summed E-state index contributed by atoms with van der Waals surface area (Å²) in [6.45, 7) is 9.06. The van der Waals surface area contributed by atoms with Crippen molar-refractivity contribution >= 4 is 24.7 Å². The smallest absolute Gasteiger partial charge is 0.314 e. The first-order valence-corrected chi connectivity index (χ1v) is 12.3. The molecule has 0 amide bonds. The minimum Gasteiger partial charge on any atom is -0.465 e. The number of rotatable bonds is 8. The SMILES string of the molecule is CCOC(=O)C1(CO)CC1CO[Si](c1ccccc1)(c1ccccc1)C(C)(C)C. The minimum absolute atomic E-state index is 0.0202. The van der Waals surface area contributed by atoms with Crippen LogP contribution in [0.2, 0.25) is 5.04 Å². The Kier molecular flexibility index (Phi) is 6.32. The molecule has 1 aliphatic carbocycles. The second kappa shape index (κ2) is 8.42. The van der Waals surface area contributed by atoms with Crippen LogP contribution in [0.1, 0.15) is 34.1 Å². The maximum Gasteiger partial charge on any atom is 0.314 e. The molecule has 3 rings (SSSR count). The van der Waals surface area contributed by atoms with Gasteiger partial charge in [-0.3, -0.25) is 4.79 Å². The van der Waals surface area contributed by atoms with Crippen LogP contribution in [-0.2, 0) is 14.0 Å².